The van der Waals surface area contributed by atoms with Gasteiger partial charge in [-0.3, -0.25) is 4.90 Å². The molecule has 1 fully saturated rings. The Balaban J connectivity index is 1.84. The minimum absolute atomic E-state index is 0.623. The molecule has 0 amide bonds. The first kappa shape index (κ1) is 11.6. The molecule has 0 spiro atoms. The minimum atomic E-state index is 0.623. The van der Waals surface area contributed by atoms with E-state index >= 15 is 0 Å². The van der Waals surface area contributed by atoms with E-state index < -0.39 is 0 Å². The van der Waals surface area contributed by atoms with Gasteiger partial charge in [-0.05, 0) is 31.4 Å². The van der Waals surface area contributed by atoms with Crippen molar-refractivity contribution in [2.24, 2.45) is 5.73 Å². The summed E-state index contributed by atoms with van der Waals surface area (Å²) < 4.78 is 0. The van der Waals surface area contributed by atoms with Crippen molar-refractivity contribution in [3.05, 3.63) is 35.9 Å². The molecule has 0 bridgehead atoms. The number of nitrogens with zero attached hydrogens (tertiary/aromatic N) is 1. The quantitative estimate of drug-likeness (QED) is 0.838. The first-order valence-corrected chi connectivity index (χ1v) is 6.38. The van der Waals surface area contributed by atoms with Crippen LogP contribution in [0, 0.1) is 0 Å². The standard InChI is InChI=1S/C14H22N2/c15-12-14-8-4-5-10-16(14)11-9-13-6-2-1-3-7-13/h1-3,6-7,14H,4-5,8-12,15H2. The monoisotopic (exact) mass is 218 g/mol. The lowest BCUT2D eigenvalue weighted by Crippen LogP contribution is -2.44. The van der Waals surface area contributed by atoms with E-state index in [9.17, 15) is 0 Å². The second kappa shape index (κ2) is 6.02. The fourth-order valence-electron chi connectivity index (χ4n) is 2.54. The Kier molecular flexibility index (Phi) is 4.37. The number of hydrogen-bond donors (Lipinski definition) is 1. The second-order valence-electron chi connectivity index (χ2n) is 4.66. The number of likely N-dealkylation sites (tertiary alicyclic amines) is 1. The maximum absolute atomic E-state index is 5.82. The van der Waals surface area contributed by atoms with Crippen molar-refractivity contribution in [1.82, 2.24) is 4.90 Å². The summed E-state index contributed by atoms with van der Waals surface area (Å²) in [5, 5.41) is 0. The van der Waals surface area contributed by atoms with E-state index in [0.717, 1.165) is 19.5 Å². The van der Waals surface area contributed by atoms with Gasteiger partial charge in [0.05, 0.1) is 0 Å². The summed E-state index contributed by atoms with van der Waals surface area (Å²) in [6.07, 6.45) is 5.12. The maximum Gasteiger partial charge on any atom is 0.0218 e. The van der Waals surface area contributed by atoms with E-state index in [1.807, 2.05) is 0 Å². The van der Waals surface area contributed by atoms with Crippen LogP contribution in [0.3, 0.4) is 0 Å². The van der Waals surface area contributed by atoms with Crippen molar-refractivity contribution in [1.29, 1.82) is 0 Å². The van der Waals surface area contributed by atoms with Gasteiger partial charge in [0.1, 0.15) is 0 Å². The third-order valence-corrected chi connectivity index (χ3v) is 3.55. The van der Waals surface area contributed by atoms with Crippen molar-refractivity contribution in [2.75, 3.05) is 19.6 Å². The van der Waals surface area contributed by atoms with Crippen LogP contribution in [-0.4, -0.2) is 30.6 Å². The Morgan fingerprint density at radius 1 is 1.19 bits per heavy atom. The molecule has 1 aromatic carbocycles. The van der Waals surface area contributed by atoms with E-state index in [4.69, 9.17) is 5.73 Å². The van der Waals surface area contributed by atoms with Gasteiger partial charge in [0.15, 0.2) is 0 Å². The van der Waals surface area contributed by atoms with Crippen molar-refractivity contribution in [3.8, 4) is 0 Å². The molecule has 0 aromatic heterocycles. The summed E-state index contributed by atoms with van der Waals surface area (Å²) in [5.74, 6) is 0. The Hall–Kier alpha value is -0.860. The SMILES string of the molecule is NCC1CCCCN1CCc1ccccc1. The average molecular weight is 218 g/mol. The van der Waals surface area contributed by atoms with E-state index in [-0.39, 0.29) is 0 Å². The summed E-state index contributed by atoms with van der Waals surface area (Å²) in [4.78, 5) is 2.57. The minimum Gasteiger partial charge on any atom is -0.329 e. The smallest absolute Gasteiger partial charge is 0.0218 e. The predicted octanol–water partition coefficient (Wildman–Crippen LogP) is 2.04. The normalized spacial score (nSPS) is 22.2. The zero-order valence-electron chi connectivity index (χ0n) is 9.94. The fourth-order valence-corrected chi connectivity index (χ4v) is 2.54. The predicted molar refractivity (Wildman–Crippen MR) is 68.4 cm³/mol. The second-order valence-corrected chi connectivity index (χ2v) is 4.66. The van der Waals surface area contributed by atoms with Gasteiger partial charge in [-0.2, -0.15) is 0 Å². The fraction of sp³-hybridized carbons (Fsp3) is 0.571. The number of rotatable bonds is 4. The molecule has 1 atom stereocenters. The largest absolute Gasteiger partial charge is 0.329 e. The summed E-state index contributed by atoms with van der Waals surface area (Å²) in [5.41, 5.74) is 7.26. The Bertz CT molecular complexity index is 297. The molecule has 1 unspecified atom stereocenters. The molecule has 1 saturated heterocycles. The molecule has 1 aliphatic rings. The Morgan fingerprint density at radius 2 is 2.00 bits per heavy atom. The molecule has 88 valence electrons. The van der Waals surface area contributed by atoms with Crippen molar-refractivity contribution >= 4 is 0 Å². The first-order valence-electron chi connectivity index (χ1n) is 6.38. The van der Waals surface area contributed by atoms with E-state index in [1.54, 1.807) is 0 Å². The third kappa shape index (κ3) is 3.06. The third-order valence-electron chi connectivity index (χ3n) is 3.55. The molecule has 2 heteroatoms. The molecule has 2 N–H and O–H groups in total. The molecular weight excluding hydrogens is 196 g/mol. The molecule has 1 aromatic rings. The van der Waals surface area contributed by atoms with Gasteiger partial charge in [-0.25, -0.2) is 0 Å². The van der Waals surface area contributed by atoms with Gasteiger partial charge in [0.25, 0.3) is 0 Å². The van der Waals surface area contributed by atoms with Crippen molar-refractivity contribution in [2.45, 2.75) is 31.7 Å². The molecule has 16 heavy (non-hydrogen) atoms. The van der Waals surface area contributed by atoms with Gasteiger partial charge in [0, 0.05) is 19.1 Å². The van der Waals surface area contributed by atoms with Gasteiger partial charge in [0.2, 0.25) is 0 Å². The lowest BCUT2D eigenvalue weighted by atomic mass is 10.0. The highest BCUT2D eigenvalue weighted by molar-refractivity contribution is 5.14. The van der Waals surface area contributed by atoms with Crippen LogP contribution < -0.4 is 5.73 Å². The Morgan fingerprint density at radius 3 is 2.75 bits per heavy atom. The van der Waals surface area contributed by atoms with E-state index in [1.165, 1.54) is 31.4 Å². The van der Waals surface area contributed by atoms with Crippen LogP contribution >= 0.6 is 0 Å². The topological polar surface area (TPSA) is 29.3 Å². The highest BCUT2D eigenvalue weighted by atomic mass is 15.2. The van der Waals surface area contributed by atoms with Crippen LogP contribution in [0.15, 0.2) is 30.3 Å². The van der Waals surface area contributed by atoms with Crippen molar-refractivity contribution in [3.63, 3.8) is 0 Å². The number of hydrogen-bond acceptors (Lipinski definition) is 2. The van der Waals surface area contributed by atoms with Crippen LogP contribution in [-0.2, 0) is 6.42 Å². The summed E-state index contributed by atoms with van der Waals surface area (Å²) >= 11 is 0. The van der Waals surface area contributed by atoms with Crippen LogP contribution in [0.4, 0.5) is 0 Å². The molecule has 0 saturated carbocycles. The number of benzene rings is 1. The van der Waals surface area contributed by atoms with Gasteiger partial charge < -0.3 is 5.73 Å². The van der Waals surface area contributed by atoms with E-state index in [0.29, 0.717) is 6.04 Å². The number of piperidine rings is 1. The zero-order chi connectivity index (χ0) is 11.2. The molecular formula is C14H22N2. The molecule has 0 radical (unpaired) electrons. The summed E-state index contributed by atoms with van der Waals surface area (Å²) in [6, 6.07) is 11.4. The van der Waals surface area contributed by atoms with Gasteiger partial charge >= 0.3 is 0 Å². The molecule has 2 nitrogen and oxygen atoms in total. The van der Waals surface area contributed by atoms with Crippen LogP contribution in [0.1, 0.15) is 24.8 Å². The lowest BCUT2D eigenvalue weighted by Gasteiger charge is -2.34. The molecule has 0 aliphatic carbocycles. The highest BCUT2D eigenvalue weighted by Crippen LogP contribution is 2.16. The molecule has 1 aliphatic heterocycles. The van der Waals surface area contributed by atoms with Crippen LogP contribution in [0.2, 0.25) is 0 Å². The first-order chi connectivity index (χ1) is 7.90. The van der Waals surface area contributed by atoms with E-state index in [2.05, 4.69) is 35.2 Å². The highest BCUT2D eigenvalue weighted by Gasteiger charge is 2.20. The molecule has 2 rings (SSSR count). The summed E-state index contributed by atoms with van der Waals surface area (Å²) in [7, 11) is 0. The van der Waals surface area contributed by atoms with Gasteiger partial charge in [-0.15, -0.1) is 0 Å². The average Bonchev–Trinajstić information content (AvgIpc) is 2.38. The lowest BCUT2D eigenvalue weighted by molar-refractivity contribution is 0.155. The van der Waals surface area contributed by atoms with Crippen LogP contribution in [0.25, 0.3) is 0 Å². The molecule has 1 heterocycles. The maximum atomic E-state index is 5.82. The Labute approximate surface area is 98.4 Å². The van der Waals surface area contributed by atoms with Crippen LogP contribution in [0.5, 0.6) is 0 Å². The number of nitrogens with two attached hydrogens (primary N) is 1. The van der Waals surface area contributed by atoms with Crippen molar-refractivity contribution < 1.29 is 0 Å². The zero-order valence-corrected chi connectivity index (χ0v) is 9.94. The summed E-state index contributed by atoms with van der Waals surface area (Å²) in [6.45, 7) is 3.20. The van der Waals surface area contributed by atoms with Gasteiger partial charge in [-0.1, -0.05) is 36.8 Å².